The SMILES string of the molecule is CCC1CCCCN1CCNC(=NC)NCc1ccnc(N2CCN(C)CC2)c1. The molecule has 1 aromatic rings. The summed E-state index contributed by atoms with van der Waals surface area (Å²) in [6.45, 7) is 10.6. The van der Waals surface area contributed by atoms with E-state index in [1.54, 1.807) is 0 Å². The van der Waals surface area contributed by atoms with Gasteiger partial charge in [0, 0.05) is 65.1 Å². The van der Waals surface area contributed by atoms with E-state index >= 15 is 0 Å². The number of hydrogen-bond donors (Lipinski definition) is 2. The Labute approximate surface area is 176 Å². The van der Waals surface area contributed by atoms with Crippen LogP contribution in [0.4, 0.5) is 5.82 Å². The predicted octanol–water partition coefficient (Wildman–Crippen LogP) is 1.76. The van der Waals surface area contributed by atoms with Gasteiger partial charge in [0.25, 0.3) is 0 Å². The highest BCUT2D eigenvalue weighted by Gasteiger charge is 2.20. The van der Waals surface area contributed by atoms with Crippen molar-refractivity contribution in [2.24, 2.45) is 4.99 Å². The molecule has 2 saturated heterocycles. The molecular formula is C22H39N7. The van der Waals surface area contributed by atoms with Gasteiger partial charge in [0.1, 0.15) is 5.82 Å². The molecule has 2 fully saturated rings. The minimum Gasteiger partial charge on any atom is -0.355 e. The van der Waals surface area contributed by atoms with Gasteiger partial charge in [-0.15, -0.1) is 0 Å². The van der Waals surface area contributed by atoms with Gasteiger partial charge in [-0.3, -0.25) is 9.89 Å². The zero-order valence-corrected chi connectivity index (χ0v) is 18.5. The van der Waals surface area contributed by atoms with Crippen LogP contribution in [0.15, 0.2) is 23.3 Å². The molecule has 0 aliphatic carbocycles. The summed E-state index contributed by atoms with van der Waals surface area (Å²) >= 11 is 0. The largest absolute Gasteiger partial charge is 0.355 e. The van der Waals surface area contributed by atoms with Crippen LogP contribution in [0.25, 0.3) is 0 Å². The minimum atomic E-state index is 0.754. The van der Waals surface area contributed by atoms with Crippen LogP contribution >= 0.6 is 0 Å². The summed E-state index contributed by atoms with van der Waals surface area (Å²) in [5.41, 5.74) is 1.24. The van der Waals surface area contributed by atoms with Crippen molar-refractivity contribution in [3.63, 3.8) is 0 Å². The van der Waals surface area contributed by atoms with Gasteiger partial charge in [-0.25, -0.2) is 4.98 Å². The van der Waals surface area contributed by atoms with E-state index in [0.717, 1.165) is 63.6 Å². The normalized spacial score (nSPS) is 22.0. The number of piperazine rings is 1. The molecule has 7 nitrogen and oxygen atoms in total. The number of likely N-dealkylation sites (N-methyl/N-ethyl adjacent to an activating group) is 1. The van der Waals surface area contributed by atoms with E-state index in [4.69, 9.17) is 0 Å². The molecule has 0 saturated carbocycles. The minimum absolute atomic E-state index is 0.754. The Balaban J connectivity index is 1.44. The fourth-order valence-corrected chi connectivity index (χ4v) is 4.32. The van der Waals surface area contributed by atoms with E-state index in [1.165, 1.54) is 37.8 Å². The van der Waals surface area contributed by atoms with Gasteiger partial charge in [0.15, 0.2) is 5.96 Å². The highest BCUT2D eigenvalue weighted by Crippen LogP contribution is 2.18. The Morgan fingerprint density at radius 3 is 2.76 bits per heavy atom. The lowest BCUT2D eigenvalue weighted by Gasteiger charge is -2.35. The van der Waals surface area contributed by atoms with Crippen LogP contribution in [-0.2, 0) is 6.54 Å². The average molecular weight is 402 g/mol. The lowest BCUT2D eigenvalue weighted by Crippen LogP contribution is -2.45. The van der Waals surface area contributed by atoms with Crippen molar-refractivity contribution >= 4 is 11.8 Å². The molecule has 1 unspecified atom stereocenters. The van der Waals surface area contributed by atoms with Crippen molar-refractivity contribution in [3.8, 4) is 0 Å². The van der Waals surface area contributed by atoms with E-state index < -0.39 is 0 Å². The molecule has 0 radical (unpaired) electrons. The molecule has 0 aromatic carbocycles. The third kappa shape index (κ3) is 6.57. The van der Waals surface area contributed by atoms with Crippen LogP contribution in [0, 0.1) is 0 Å². The first-order chi connectivity index (χ1) is 14.2. The highest BCUT2D eigenvalue weighted by atomic mass is 15.3. The van der Waals surface area contributed by atoms with Gasteiger partial charge < -0.3 is 20.4 Å². The molecule has 0 spiro atoms. The number of nitrogens with zero attached hydrogens (tertiary/aromatic N) is 5. The van der Waals surface area contributed by atoms with Crippen molar-refractivity contribution < 1.29 is 0 Å². The summed E-state index contributed by atoms with van der Waals surface area (Å²) in [6.07, 6.45) is 7.24. The van der Waals surface area contributed by atoms with E-state index in [2.05, 4.69) is 61.4 Å². The summed E-state index contributed by atoms with van der Waals surface area (Å²) < 4.78 is 0. The maximum atomic E-state index is 4.58. The molecule has 7 heteroatoms. The Morgan fingerprint density at radius 2 is 2.00 bits per heavy atom. The van der Waals surface area contributed by atoms with Gasteiger partial charge >= 0.3 is 0 Å². The summed E-state index contributed by atoms with van der Waals surface area (Å²) in [6, 6.07) is 5.04. The summed E-state index contributed by atoms with van der Waals surface area (Å²) in [5, 5.41) is 6.93. The van der Waals surface area contributed by atoms with Crippen LogP contribution in [0.3, 0.4) is 0 Å². The summed E-state index contributed by atoms with van der Waals surface area (Å²) in [4.78, 5) is 16.3. The van der Waals surface area contributed by atoms with E-state index in [9.17, 15) is 0 Å². The van der Waals surface area contributed by atoms with Crippen molar-refractivity contribution in [2.75, 3.05) is 64.8 Å². The molecule has 1 aromatic heterocycles. The molecule has 2 aliphatic heterocycles. The average Bonchev–Trinajstić information content (AvgIpc) is 2.77. The van der Waals surface area contributed by atoms with Gasteiger partial charge in [0.2, 0.25) is 0 Å². The molecule has 2 aliphatic rings. The monoisotopic (exact) mass is 401 g/mol. The molecule has 0 amide bonds. The molecule has 1 atom stereocenters. The number of nitrogens with one attached hydrogen (secondary N) is 2. The quantitative estimate of drug-likeness (QED) is 0.536. The third-order valence-electron chi connectivity index (χ3n) is 6.23. The van der Waals surface area contributed by atoms with Crippen LogP contribution in [0.1, 0.15) is 38.2 Å². The number of hydrogen-bond acceptors (Lipinski definition) is 5. The smallest absolute Gasteiger partial charge is 0.191 e. The van der Waals surface area contributed by atoms with Crippen LogP contribution in [0.2, 0.25) is 0 Å². The Hall–Kier alpha value is -1.86. The first-order valence-corrected chi connectivity index (χ1v) is 11.3. The zero-order chi connectivity index (χ0) is 20.5. The van der Waals surface area contributed by atoms with Crippen molar-refractivity contribution in [1.29, 1.82) is 0 Å². The Bertz CT molecular complexity index is 640. The second-order valence-corrected chi connectivity index (χ2v) is 8.26. The number of piperidine rings is 1. The lowest BCUT2D eigenvalue weighted by molar-refractivity contribution is 0.147. The molecular weight excluding hydrogens is 362 g/mol. The maximum Gasteiger partial charge on any atom is 0.191 e. The Kier molecular flexibility index (Phi) is 8.55. The van der Waals surface area contributed by atoms with Crippen LogP contribution < -0.4 is 15.5 Å². The summed E-state index contributed by atoms with van der Waals surface area (Å²) in [7, 11) is 4.02. The molecule has 162 valence electrons. The number of aromatic nitrogens is 1. The lowest BCUT2D eigenvalue weighted by atomic mass is 10.0. The predicted molar refractivity (Wildman–Crippen MR) is 122 cm³/mol. The van der Waals surface area contributed by atoms with Gasteiger partial charge in [0.05, 0.1) is 0 Å². The number of rotatable bonds is 7. The van der Waals surface area contributed by atoms with Crippen LogP contribution in [-0.4, -0.2) is 86.7 Å². The second-order valence-electron chi connectivity index (χ2n) is 8.26. The molecule has 0 bridgehead atoms. The zero-order valence-electron chi connectivity index (χ0n) is 18.5. The molecule has 29 heavy (non-hydrogen) atoms. The van der Waals surface area contributed by atoms with Crippen molar-refractivity contribution in [1.82, 2.24) is 25.4 Å². The second kappa shape index (κ2) is 11.4. The molecule has 2 N–H and O–H groups in total. The number of guanidine groups is 1. The highest BCUT2D eigenvalue weighted by molar-refractivity contribution is 5.79. The number of pyridine rings is 1. The molecule has 3 heterocycles. The van der Waals surface area contributed by atoms with Crippen LogP contribution in [0.5, 0.6) is 0 Å². The fraction of sp³-hybridized carbons (Fsp3) is 0.727. The first-order valence-electron chi connectivity index (χ1n) is 11.3. The number of aliphatic imine (C=N–C) groups is 1. The third-order valence-corrected chi connectivity index (χ3v) is 6.23. The van der Waals surface area contributed by atoms with Crippen molar-refractivity contribution in [3.05, 3.63) is 23.9 Å². The van der Waals surface area contributed by atoms with Gasteiger partial charge in [-0.1, -0.05) is 13.3 Å². The fourth-order valence-electron chi connectivity index (χ4n) is 4.32. The summed E-state index contributed by atoms with van der Waals surface area (Å²) in [5.74, 6) is 1.95. The first kappa shape index (κ1) is 21.8. The van der Waals surface area contributed by atoms with E-state index in [-0.39, 0.29) is 0 Å². The standard InChI is InChI=1S/C22H39N7/c1-4-20-7-5-6-11-28(20)12-10-25-22(23-2)26-18-19-8-9-24-21(17-19)29-15-13-27(3)14-16-29/h8-9,17,20H,4-7,10-16,18H2,1-3H3,(H2,23,25,26). The van der Waals surface area contributed by atoms with E-state index in [1.807, 2.05) is 13.2 Å². The van der Waals surface area contributed by atoms with Gasteiger partial charge in [-0.2, -0.15) is 0 Å². The van der Waals surface area contributed by atoms with Crippen molar-refractivity contribution in [2.45, 2.75) is 45.2 Å². The molecule has 3 rings (SSSR count). The topological polar surface area (TPSA) is 59.0 Å². The number of likely N-dealkylation sites (tertiary alicyclic amines) is 1. The van der Waals surface area contributed by atoms with E-state index in [0.29, 0.717) is 0 Å². The Morgan fingerprint density at radius 1 is 1.17 bits per heavy atom. The number of anilines is 1. The maximum absolute atomic E-state index is 4.58. The van der Waals surface area contributed by atoms with Gasteiger partial charge in [-0.05, 0) is 50.6 Å².